The summed E-state index contributed by atoms with van der Waals surface area (Å²) in [6.45, 7) is 7.92. The summed E-state index contributed by atoms with van der Waals surface area (Å²) < 4.78 is 4.14. The van der Waals surface area contributed by atoms with Gasteiger partial charge in [-0.25, -0.2) is 4.98 Å². The summed E-state index contributed by atoms with van der Waals surface area (Å²) in [4.78, 5) is 4.48. The number of aryl methyl sites for hydroxylation is 5. The molecule has 0 aliphatic rings. The molecule has 110 valence electrons. The molecule has 21 heavy (non-hydrogen) atoms. The minimum atomic E-state index is 0.590. The zero-order chi connectivity index (χ0) is 15.0. The van der Waals surface area contributed by atoms with Gasteiger partial charge in [-0.15, -0.1) is 0 Å². The largest absolute Gasteiger partial charge is 0.369 e. The second kappa shape index (κ2) is 5.24. The number of fused-ring (bicyclic) bond motifs is 1. The molecule has 2 heterocycles. The second-order valence-electron chi connectivity index (χ2n) is 5.57. The van der Waals surface area contributed by atoms with E-state index in [1.165, 1.54) is 5.69 Å². The van der Waals surface area contributed by atoms with Gasteiger partial charge in [-0.3, -0.25) is 4.68 Å². The van der Waals surface area contributed by atoms with Gasteiger partial charge < -0.3 is 10.3 Å². The van der Waals surface area contributed by atoms with Crippen molar-refractivity contribution in [1.82, 2.24) is 19.3 Å². The normalized spacial score (nSPS) is 11.4. The van der Waals surface area contributed by atoms with E-state index in [9.17, 15) is 0 Å². The van der Waals surface area contributed by atoms with E-state index in [1.54, 1.807) is 0 Å². The lowest BCUT2D eigenvalue weighted by molar-refractivity contribution is 0.523. The molecule has 0 atom stereocenters. The van der Waals surface area contributed by atoms with Gasteiger partial charge in [0.1, 0.15) is 0 Å². The van der Waals surface area contributed by atoms with Gasteiger partial charge in [-0.2, -0.15) is 5.10 Å². The van der Waals surface area contributed by atoms with Crippen molar-refractivity contribution in [2.75, 3.05) is 5.73 Å². The Morgan fingerprint density at radius 3 is 2.67 bits per heavy atom. The van der Waals surface area contributed by atoms with Crippen LogP contribution in [-0.2, 0) is 13.1 Å². The Kier molecular flexibility index (Phi) is 3.41. The highest BCUT2D eigenvalue weighted by Gasteiger charge is 2.09. The van der Waals surface area contributed by atoms with Crippen molar-refractivity contribution in [2.24, 2.45) is 0 Å². The first-order valence-corrected chi connectivity index (χ1v) is 7.28. The highest BCUT2D eigenvalue weighted by molar-refractivity contribution is 5.81. The number of benzene rings is 1. The molecule has 0 spiro atoms. The van der Waals surface area contributed by atoms with Crippen molar-refractivity contribution < 1.29 is 0 Å². The average Bonchev–Trinajstić information content (AvgIpc) is 2.92. The number of para-hydroxylation sites is 1. The topological polar surface area (TPSA) is 61.7 Å². The third-order valence-electron chi connectivity index (χ3n) is 3.87. The predicted octanol–water partition coefficient (Wildman–Crippen LogP) is 2.83. The van der Waals surface area contributed by atoms with Crippen molar-refractivity contribution in [3.05, 3.63) is 41.2 Å². The van der Waals surface area contributed by atoms with Crippen LogP contribution >= 0.6 is 0 Å². The number of nitrogens with zero attached hydrogens (tertiary/aromatic N) is 4. The number of rotatable bonds is 4. The number of aromatic nitrogens is 4. The van der Waals surface area contributed by atoms with Gasteiger partial charge >= 0.3 is 0 Å². The molecule has 0 aliphatic heterocycles. The van der Waals surface area contributed by atoms with E-state index in [0.717, 1.165) is 41.8 Å². The Bertz CT molecular complexity index is 781. The average molecular weight is 283 g/mol. The number of imidazole rings is 1. The summed E-state index contributed by atoms with van der Waals surface area (Å²) in [6.07, 6.45) is 0.978. The van der Waals surface area contributed by atoms with Crippen LogP contribution in [0.15, 0.2) is 24.3 Å². The van der Waals surface area contributed by atoms with Crippen LogP contribution < -0.4 is 5.73 Å². The first-order valence-electron chi connectivity index (χ1n) is 7.28. The minimum absolute atomic E-state index is 0.590. The van der Waals surface area contributed by atoms with Gasteiger partial charge in [-0.05, 0) is 44.9 Å². The van der Waals surface area contributed by atoms with Gasteiger partial charge in [0.2, 0.25) is 5.95 Å². The Morgan fingerprint density at radius 2 is 1.95 bits per heavy atom. The van der Waals surface area contributed by atoms with E-state index in [-0.39, 0.29) is 0 Å². The maximum atomic E-state index is 6.07. The molecule has 3 aromatic rings. The Morgan fingerprint density at radius 1 is 1.14 bits per heavy atom. The molecule has 3 rings (SSSR count). The number of nitrogen functional groups attached to an aromatic ring is 1. The lowest BCUT2D eigenvalue weighted by Crippen LogP contribution is -2.08. The molecule has 0 radical (unpaired) electrons. The van der Waals surface area contributed by atoms with E-state index < -0.39 is 0 Å². The van der Waals surface area contributed by atoms with Gasteiger partial charge in [0.05, 0.1) is 16.7 Å². The highest BCUT2D eigenvalue weighted by atomic mass is 15.3. The lowest BCUT2D eigenvalue weighted by Gasteiger charge is -2.08. The summed E-state index contributed by atoms with van der Waals surface area (Å²) in [5.74, 6) is 0.590. The van der Waals surface area contributed by atoms with Crippen LogP contribution in [-0.4, -0.2) is 19.3 Å². The molecule has 0 saturated carbocycles. The first-order chi connectivity index (χ1) is 10.1. The van der Waals surface area contributed by atoms with Crippen LogP contribution in [0.5, 0.6) is 0 Å². The smallest absolute Gasteiger partial charge is 0.201 e. The second-order valence-corrected chi connectivity index (χ2v) is 5.57. The molecule has 2 aromatic heterocycles. The lowest BCUT2D eigenvalue weighted by atomic mass is 10.2. The fourth-order valence-corrected chi connectivity index (χ4v) is 2.82. The van der Waals surface area contributed by atoms with Crippen molar-refractivity contribution in [1.29, 1.82) is 0 Å². The van der Waals surface area contributed by atoms with Gasteiger partial charge in [-0.1, -0.05) is 12.1 Å². The van der Waals surface area contributed by atoms with Gasteiger partial charge in [0.25, 0.3) is 0 Å². The molecule has 0 unspecified atom stereocenters. The number of hydrogen-bond acceptors (Lipinski definition) is 3. The summed E-state index contributed by atoms with van der Waals surface area (Å²) in [5.41, 5.74) is 11.6. The van der Waals surface area contributed by atoms with Crippen LogP contribution in [0.4, 0.5) is 5.95 Å². The molecule has 1 aromatic carbocycles. The van der Waals surface area contributed by atoms with Crippen molar-refractivity contribution in [3.63, 3.8) is 0 Å². The molecule has 0 aliphatic carbocycles. The van der Waals surface area contributed by atoms with Crippen LogP contribution in [0.1, 0.15) is 23.4 Å². The number of anilines is 1. The highest BCUT2D eigenvalue weighted by Crippen LogP contribution is 2.21. The summed E-state index contributed by atoms with van der Waals surface area (Å²) in [5, 5.41) is 4.49. The quantitative estimate of drug-likeness (QED) is 0.801. The Hall–Kier alpha value is -2.30. The van der Waals surface area contributed by atoms with Crippen molar-refractivity contribution in [2.45, 2.75) is 40.3 Å². The molecule has 5 nitrogen and oxygen atoms in total. The van der Waals surface area contributed by atoms with Gasteiger partial charge in [0.15, 0.2) is 0 Å². The van der Waals surface area contributed by atoms with Crippen LogP contribution in [0.2, 0.25) is 0 Å². The zero-order valence-electron chi connectivity index (χ0n) is 12.8. The van der Waals surface area contributed by atoms with Crippen LogP contribution in [0.3, 0.4) is 0 Å². The van der Waals surface area contributed by atoms with Crippen LogP contribution in [0, 0.1) is 20.8 Å². The molecule has 5 heteroatoms. The molecule has 2 N–H and O–H groups in total. The fourth-order valence-electron chi connectivity index (χ4n) is 2.82. The van der Waals surface area contributed by atoms with E-state index in [4.69, 9.17) is 5.73 Å². The summed E-state index contributed by atoms with van der Waals surface area (Å²) in [7, 11) is 0. The predicted molar refractivity (Wildman–Crippen MR) is 85.2 cm³/mol. The van der Waals surface area contributed by atoms with E-state index in [2.05, 4.69) is 57.4 Å². The summed E-state index contributed by atoms with van der Waals surface area (Å²) in [6, 6.07) is 8.30. The van der Waals surface area contributed by atoms with Crippen LogP contribution in [0.25, 0.3) is 11.0 Å². The van der Waals surface area contributed by atoms with Crippen molar-refractivity contribution >= 4 is 17.0 Å². The third-order valence-corrected chi connectivity index (χ3v) is 3.87. The maximum Gasteiger partial charge on any atom is 0.201 e. The molecule has 0 bridgehead atoms. The van der Waals surface area contributed by atoms with E-state index >= 15 is 0 Å². The monoisotopic (exact) mass is 283 g/mol. The summed E-state index contributed by atoms with van der Waals surface area (Å²) >= 11 is 0. The SMILES string of the molecule is Cc1cc(C)n(CCCn2c(N)nc3c(C)cccc32)n1. The standard InChI is InChI=1S/C16H21N5/c1-11-6-4-7-14-15(11)18-16(17)20(14)8-5-9-21-13(3)10-12(2)19-21/h4,6-7,10H,5,8-9H2,1-3H3,(H2,17,18). The third kappa shape index (κ3) is 2.51. The fraction of sp³-hybridized carbons (Fsp3) is 0.375. The van der Waals surface area contributed by atoms with E-state index in [0.29, 0.717) is 5.95 Å². The molecule has 0 fully saturated rings. The van der Waals surface area contributed by atoms with Crippen molar-refractivity contribution in [3.8, 4) is 0 Å². The minimum Gasteiger partial charge on any atom is -0.369 e. The molecule has 0 saturated heterocycles. The Balaban J connectivity index is 1.78. The maximum absolute atomic E-state index is 6.07. The number of hydrogen-bond donors (Lipinski definition) is 1. The number of nitrogens with two attached hydrogens (primary N) is 1. The van der Waals surface area contributed by atoms with E-state index in [1.807, 2.05) is 6.92 Å². The molecule has 0 amide bonds. The molecular formula is C16H21N5. The first kappa shape index (κ1) is 13.7. The zero-order valence-corrected chi connectivity index (χ0v) is 12.8. The van der Waals surface area contributed by atoms with Gasteiger partial charge in [0, 0.05) is 18.8 Å². The Labute approximate surface area is 124 Å². The molecular weight excluding hydrogens is 262 g/mol.